The Morgan fingerprint density at radius 2 is 1.59 bits per heavy atom. The van der Waals surface area contributed by atoms with Gasteiger partial charge in [0.2, 0.25) is 0 Å². The van der Waals surface area contributed by atoms with Gasteiger partial charge in [-0.05, 0) is 55.2 Å². The van der Waals surface area contributed by atoms with Crippen molar-refractivity contribution in [2.45, 2.75) is 26.0 Å². The molecule has 5 rings (SSSR count). The van der Waals surface area contributed by atoms with Crippen LogP contribution in [0.4, 0.5) is 8.78 Å². The number of hydrogen-bond acceptors (Lipinski definition) is 3. The second kappa shape index (κ2) is 9.63. The molecule has 1 aliphatic heterocycles. The zero-order valence-corrected chi connectivity index (χ0v) is 18.7. The van der Waals surface area contributed by atoms with Crippen molar-refractivity contribution in [3.8, 4) is 5.75 Å². The third kappa shape index (κ3) is 4.51. The fraction of sp³-hybridized carbons (Fsp3) is 0.259. The van der Waals surface area contributed by atoms with Crippen molar-refractivity contribution >= 4 is 16.9 Å². The normalized spacial score (nSPS) is 14.5. The molecule has 0 N–H and O–H groups in total. The highest BCUT2D eigenvalue weighted by Crippen LogP contribution is 2.26. The number of aromatic nitrogens is 2. The average Bonchev–Trinajstić information content (AvgIpc) is 3.21. The van der Waals surface area contributed by atoms with Crippen LogP contribution in [-0.2, 0) is 13.2 Å². The summed E-state index contributed by atoms with van der Waals surface area (Å²) < 4.78 is 36.3. The van der Waals surface area contributed by atoms with Crippen LogP contribution in [0.2, 0.25) is 0 Å². The molecule has 2 heterocycles. The van der Waals surface area contributed by atoms with Gasteiger partial charge in [-0.3, -0.25) is 4.79 Å². The van der Waals surface area contributed by atoms with Gasteiger partial charge in [-0.15, -0.1) is 0 Å². The Labute approximate surface area is 196 Å². The molecule has 4 aromatic rings. The number of likely N-dealkylation sites (tertiary alicyclic amines) is 1. The SMILES string of the molecule is O=C(c1c(F)cccc1F)N1CCC(Cn2c(COc3ccccc3)nc3ccccc32)CC1. The molecule has 0 spiro atoms. The van der Waals surface area contributed by atoms with Crippen LogP contribution in [0.25, 0.3) is 11.0 Å². The van der Waals surface area contributed by atoms with E-state index in [1.165, 1.54) is 6.07 Å². The molecule has 1 saturated heterocycles. The molecule has 0 radical (unpaired) electrons. The smallest absolute Gasteiger partial charge is 0.259 e. The summed E-state index contributed by atoms with van der Waals surface area (Å²) in [6, 6.07) is 21.1. The summed E-state index contributed by atoms with van der Waals surface area (Å²) >= 11 is 0. The maximum absolute atomic E-state index is 14.1. The summed E-state index contributed by atoms with van der Waals surface area (Å²) in [5.41, 5.74) is 1.49. The van der Waals surface area contributed by atoms with Crippen LogP contribution in [0.3, 0.4) is 0 Å². The number of benzene rings is 3. The fourth-order valence-electron chi connectivity index (χ4n) is 4.54. The predicted octanol–water partition coefficient (Wildman–Crippen LogP) is 5.45. The Bertz CT molecular complexity index is 1280. The van der Waals surface area contributed by atoms with E-state index in [2.05, 4.69) is 4.57 Å². The Balaban J connectivity index is 1.29. The lowest BCUT2D eigenvalue weighted by Gasteiger charge is -2.32. The molecule has 1 amide bonds. The molecule has 3 aromatic carbocycles. The monoisotopic (exact) mass is 461 g/mol. The molecule has 1 fully saturated rings. The van der Waals surface area contributed by atoms with Crippen LogP contribution in [0.1, 0.15) is 29.0 Å². The fourth-order valence-corrected chi connectivity index (χ4v) is 4.54. The Hall–Kier alpha value is -3.74. The van der Waals surface area contributed by atoms with Gasteiger partial charge < -0.3 is 14.2 Å². The second-order valence-electron chi connectivity index (χ2n) is 8.56. The van der Waals surface area contributed by atoms with Crippen molar-refractivity contribution in [2.24, 2.45) is 5.92 Å². The lowest BCUT2D eigenvalue weighted by atomic mass is 9.96. The van der Waals surface area contributed by atoms with Crippen LogP contribution < -0.4 is 4.74 Å². The number of halogens is 2. The minimum atomic E-state index is -0.819. The number of nitrogens with zero attached hydrogens (tertiary/aromatic N) is 3. The second-order valence-corrected chi connectivity index (χ2v) is 8.56. The van der Waals surface area contributed by atoms with Gasteiger partial charge in [0, 0.05) is 19.6 Å². The number of hydrogen-bond donors (Lipinski definition) is 0. The van der Waals surface area contributed by atoms with Crippen LogP contribution in [0, 0.1) is 17.6 Å². The first-order valence-electron chi connectivity index (χ1n) is 11.5. The van der Waals surface area contributed by atoms with Gasteiger partial charge in [-0.1, -0.05) is 36.4 Å². The maximum atomic E-state index is 14.1. The van der Waals surface area contributed by atoms with Gasteiger partial charge in [0.1, 0.15) is 35.4 Å². The molecule has 0 saturated carbocycles. The highest BCUT2D eigenvalue weighted by Gasteiger charge is 2.28. The van der Waals surface area contributed by atoms with Crippen LogP contribution in [-0.4, -0.2) is 33.4 Å². The summed E-state index contributed by atoms with van der Waals surface area (Å²) in [5.74, 6) is -0.285. The lowest BCUT2D eigenvalue weighted by molar-refractivity contribution is 0.0672. The Morgan fingerprint density at radius 3 is 2.32 bits per heavy atom. The zero-order valence-electron chi connectivity index (χ0n) is 18.7. The quantitative estimate of drug-likeness (QED) is 0.384. The minimum Gasteiger partial charge on any atom is -0.486 e. The topological polar surface area (TPSA) is 47.4 Å². The van der Waals surface area contributed by atoms with Crippen molar-refractivity contribution in [1.29, 1.82) is 0 Å². The van der Waals surface area contributed by atoms with Crippen molar-refractivity contribution in [2.75, 3.05) is 13.1 Å². The van der Waals surface area contributed by atoms with Crippen LogP contribution >= 0.6 is 0 Å². The van der Waals surface area contributed by atoms with E-state index in [0.29, 0.717) is 25.6 Å². The Kier molecular flexibility index (Phi) is 6.25. The van der Waals surface area contributed by atoms with E-state index in [0.717, 1.165) is 54.1 Å². The van der Waals surface area contributed by atoms with Crippen molar-refractivity contribution < 1.29 is 18.3 Å². The van der Waals surface area contributed by atoms with E-state index >= 15 is 0 Å². The molecule has 0 bridgehead atoms. The highest BCUT2D eigenvalue weighted by molar-refractivity contribution is 5.94. The van der Waals surface area contributed by atoms with Gasteiger partial charge in [-0.25, -0.2) is 13.8 Å². The van der Waals surface area contributed by atoms with Gasteiger partial charge in [0.05, 0.1) is 11.0 Å². The first kappa shape index (κ1) is 22.1. The molecular formula is C27H25F2N3O2. The van der Waals surface area contributed by atoms with Gasteiger partial charge in [0.15, 0.2) is 0 Å². The number of carbonyl (C=O) groups is 1. The lowest BCUT2D eigenvalue weighted by Crippen LogP contribution is -2.40. The number of para-hydroxylation sites is 3. The molecule has 5 nitrogen and oxygen atoms in total. The molecular weight excluding hydrogens is 436 g/mol. The van der Waals surface area contributed by atoms with Gasteiger partial charge >= 0.3 is 0 Å². The third-order valence-corrected chi connectivity index (χ3v) is 6.36. The molecule has 0 unspecified atom stereocenters. The molecule has 1 aromatic heterocycles. The standard InChI is InChI=1S/C27H25F2N3O2/c28-21-9-6-10-22(29)26(21)27(33)31-15-13-19(14-16-31)17-32-24-12-5-4-11-23(24)30-25(32)18-34-20-7-2-1-3-8-20/h1-12,19H,13-18H2. The Morgan fingerprint density at radius 1 is 0.912 bits per heavy atom. The summed E-state index contributed by atoms with van der Waals surface area (Å²) in [7, 11) is 0. The number of ether oxygens (including phenoxy) is 1. The van der Waals surface area contributed by atoms with E-state index in [1.807, 2.05) is 54.6 Å². The average molecular weight is 462 g/mol. The molecule has 0 atom stereocenters. The van der Waals surface area contributed by atoms with Crippen molar-refractivity contribution in [1.82, 2.24) is 14.5 Å². The molecule has 0 aliphatic carbocycles. The summed E-state index contributed by atoms with van der Waals surface area (Å²) in [5, 5.41) is 0. The number of fused-ring (bicyclic) bond motifs is 1. The zero-order chi connectivity index (χ0) is 23.5. The summed E-state index contributed by atoms with van der Waals surface area (Å²) in [6.45, 7) is 2.01. The number of rotatable bonds is 6. The number of carbonyl (C=O) groups excluding carboxylic acids is 1. The molecule has 34 heavy (non-hydrogen) atoms. The van der Waals surface area contributed by atoms with E-state index in [1.54, 1.807) is 4.90 Å². The van der Waals surface area contributed by atoms with E-state index < -0.39 is 23.1 Å². The molecule has 1 aliphatic rings. The number of imidazole rings is 1. The maximum Gasteiger partial charge on any atom is 0.259 e. The number of amides is 1. The first-order valence-corrected chi connectivity index (χ1v) is 11.5. The predicted molar refractivity (Wildman–Crippen MR) is 125 cm³/mol. The third-order valence-electron chi connectivity index (χ3n) is 6.36. The minimum absolute atomic E-state index is 0.308. The highest BCUT2D eigenvalue weighted by atomic mass is 19.1. The largest absolute Gasteiger partial charge is 0.486 e. The van der Waals surface area contributed by atoms with Crippen molar-refractivity contribution in [3.05, 3.63) is 95.8 Å². The number of piperidine rings is 1. The van der Waals surface area contributed by atoms with Gasteiger partial charge in [-0.2, -0.15) is 0 Å². The molecule has 7 heteroatoms. The summed E-state index contributed by atoms with van der Waals surface area (Å²) in [4.78, 5) is 19.1. The van der Waals surface area contributed by atoms with Crippen LogP contribution in [0.5, 0.6) is 5.75 Å². The van der Waals surface area contributed by atoms with E-state index in [-0.39, 0.29) is 0 Å². The van der Waals surface area contributed by atoms with Crippen LogP contribution in [0.15, 0.2) is 72.8 Å². The summed E-state index contributed by atoms with van der Waals surface area (Å²) in [6.07, 6.45) is 1.49. The van der Waals surface area contributed by atoms with E-state index in [4.69, 9.17) is 9.72 Å². The van der Waals surface area contributed by atoms with E-state index in [9.17, 15) is 13.6 Å². The van der Waals surface area contributed by atoms with Gasteiger partial charge in [0.25, 0.3) is 5.91 Å². The van der Waals surface area contributed by atoms with Crippen molar-refractivity contribution in [3.63, 3.8) is 0 Å². The molecule has 174 valence electrons. The first-order chi connectivity index (χ1) is 16.6.